The van der Waals surface area contributed by atoms with Gasteiger partial charge in [-0.05, 0) is 24.5 Å². The third-order valence-electron chi connectivity index (χ3n) is 4.89. The molecule has 142 valence electrons. The van der Waals surface area contributed by atoms with Crippen molar-refractivity contribution in [2.45, 2.75) is 39.2 Å². The fourth-order valence-electron chi connectivity index (χ4n) is 3.19. The van der Waals surface area contributed by atoms with Crippen LogP contribution in [0.1, 0.15) is 33.1 Å². The normalized spacial score (nSPS) is 17.4. The summed E-state index contributed by atoms with van der Waals surface area (Å²) in [6, 6.07) is 8.63. The maximum atomic E-state index is 5.49. The molecule has 1 aromatic carbocycles. The number of anilines is 1. The summed E-state index contributed by atoms with van der Waals surface area (Å²) in [7, 11) is 3.57. The predicted molar refractivity (Wildman–Crippen MR) is 118 cm³/mol. The molecule has 1 aromatic rings. The van der Waals surface area contributed by atoms with Gasteiger partial charge < -0.3 is 20.3 Å². The molecule has 0 saturated carbocycles. The lowest BCUT2D eigenvalue weighted by molar-refractivity contribution is 0.415. The number of halogens is 1. The molecule has 5 nitrogen and oxygen atoms in total. The van der Waals surface area contributed by atoms with Crippen LogP contribution in [0.15, 0.2) is 29.3 Å². The highest BCUT2D eigenvalue weighted by Crippen LogP contribution is 2.30. The first-order valence-corrected chi connectivity index (χ1v) is 9.06. The molecule has 1 unspecified atom stereocenters. The second kappa shape index (κ2) is 11.4. The molecule has 0 spiro atoms. The molecule has 6 heteroatoms. The first-order valence-electron chi connectivity index (χ1n) is 9.06. The number of nitrogens with zero attached hydrogens (tertiary/aromatic N) is 2. The van der Waals surface area contributed by atoms with Crippen molar-refractivity contribution < 1.29 is 4.74 Å². The van der Waals surface area contributed by atoms with Gasteiger partial charge in [0.1, 0.15) is 5.75 Å². The highest BCUT2D eigenvalue weighted by Gasteiger charge is 2.25. The van der Waals surface area contributed by atoms with E-state index in [0.29, 0.717) is 12.0 Å². The van der Waals surface area contributed by atoms with Gasteiger partial charge in [-0.2, -0.15) is 0 Å². The number of aliphatic imine (C=N–C) groups is 1. The standard InChI is InChI=1S/C19H32N4O.HI/c1-5-15(6-2)13-21-19(20-3)22-16-11-12-23(14-16)17-9-7-8-10-18(17)24-4;/h7-10,15-16H,5-6,11-14H2,1-4H3,(H2,20,21,22);1H. The van der Waals surface area contributed by atoms with E-state index in [4.69, 9.17) is 4.74 Å². The largest absolute Gasteiger partial charge is 0.495 e. The van der Waals surface area contributed by atoms with E-state index in [-0.39, 0.29) is 24.0 Å². The molecule has 1 fully saturated rings. The lowest BCUT2D eigenvalue weighted by atomic mass is 10.0. The van der Waals surface area contributed by atoms with Gasteiger partial charge in [-0.25, -0.2) is 0 Å². The Balaban J connectivity index is 0.00000312. The Hall–Kier alpha value is -1.18. The Morgan fingerprint density at radius 3 is 2.68 bits per heavy atom. The topological polar surface area (TPSA) is 48.9 Å². The Labute approximate surface area is 169 Å². The number of hydrogen-bond acceptors (Lipinski definition) is 3. The monoisotopic (exact) mass is 460 g/mol. The fourth-order valence-corrected chi connectivity index (χ4v) is 3.19. The molecule has 2 N–H and O–H groups in total. The summed E-state index contributed by atoms with van der Waals surface area (Å²) in [5.74, 6) is 2.56. The van der Waals surface area contributed by atoms with Gasteiger partial charge in [0.2, 0.25) is 0 Å². The lowest BCUT2D eigenvalue weighted by Crippen LogP contribution is -2.45. The van der Waals surface area contributed by atoms with Crippen LogP contribution in [-0.2, 0) is 0 Å². The van der Waals surface area contributed by atoms with E-state index in [1.165, 1.54) is 18.5 Å². The molecule has 0 bridgehead atoms. The van der Waals surface area contributed by atoms with Gasteiger partial charge in [-0.1, -0.05) is 38.8 Å². The van der Waals surface area contributed by atoms with Gasteiger partial charge in [-0.3, -0.25) is 4.99 Å². The SMILES string of the molecule is CCC(CC)CNC(=NC)NC1CCN(c2ccccc2OC)C1.I. The Bertz CT molecular complexity index is 534. The van der Waals surface area contributed by atoms with Crippen molar-refractivity contribution in [3.05, 3.63) is 24.3 Å². The maximum Gasteiger partial charge on any atom is 0.191 e. The van der Waals surface area contributed by atoms with Crippen LogP contribution >= 0.6 is 24.0 Å². The van der Waals surface area contributed by atoms with Crippen molar-refractivity contribution in [3.8, 4) is 5.75 Å². The summed E-state index contributed by atoms with van der Waals surface area (Å²) in [5, 5.41) is 7.03. The Kier molecular flexibility index (Phi) is 10.0. The van der Waals surface area contributed by atoms with Crippen LogP contribution in [-0.4, -0.2) is 45.8 Å². The number of rotatable bonds is 7. The average Bonchev–Trinajstić information content (AvgIpc) is 3.09. The van der Waals surface area contributed by atoms with Crippen molar-refractivity contribution in [2.24, 2.45) is 10.9 Å². The zero-order valence-corrected chi connectivity index (χ0v) is 18.2. The first kappa shape index (κ1) is 21.9. The third-order valence-corrected chi connectivity index (χ3v) is 4.89. The summed E-state index contributed by atoms with van der Waals surface area (Å²) in [6.45, 7) is 7.46. The molecule has 2 rings (SSSR count). The maximum absolute atomic E-state index is 5.49. The van der Waals surface area contributed by atoms with E-state index in [9.17, 15) is 0 Å². The van der Waals surface area contributed by atoms with Crippen LogP contribution in [0.3, 0.4) is 0 Å². The van der Waals surface area contributed by atoms with E-state index in [1.54, 1.807) is 7.11 Å². The van der Waals surface area contributed by atoms with Crippen molar-refractivity contribution >= 4 is 35.6 Å². The van der Waals surface area contributed by atoms with Crippen LogP contribution < -0.4 is 20.3 Å². The Morgan fingerprint density at radius 2 is 2.04 bits per heavy atom. The second-order valence-electron chi connectivity index (χ2n) is 6.38. The summed E-state index contributed by atoms with van der Waals surface area (Å²) in [4.78, 5) is 6.75. The minimum atomic E-state index is 0. The van der Waals surface area contributed by atoms with Gasteiger partial charge in [0, 0.05) is 32.7 Å². The highest BCUT2D eigenvalue weighted by atomic mass is 127. The second-order valence-corrected chi connectivity index (χ2v) is 6.38. The molecule has 25 heavy (non-hydrogen) atoms. The molecule has 0 aliphatic carbocycles. The minimum absolute atomic E-state index is 0. The minimum Gasteiger partial charge on any atom is -0.495 e. The smallest absolute Gasteiger partial charge is 0.191 e. The van der Waals surface area contributed by atoms with Gasteiger partial charge in [0.05, 0.1) is 12.8 Å². The average molecular weight is 460 g/mol. The van der Waals surface area contributed by atoms with Gasteiger partial charge in [0.15, 0.2) is 5.96 Å². The number of ether oxygens (including phenoxy) is 1. The molecular formula is C19H33IN4O. The van der Waals surface area contributed by atoms with E-state index >= 15 is 0 Å². The molecule has 0 radical (unpaired) electrons. The molecule has 1 saturated heterocycles. The third kappa shape index (κ3) is 6.24. The van der Waals surface area contributed by atoms with Gasteiger partial charge in [0.25, 0.3) is 0 Å². The fraction of sp³-hybridized carbons (Fsp3) is 0.632. The first-order chi connectivity index (χ1) is 11.7. The van der Waals surface area contributed by atoms with E-state index in [2.05, 4.69) is 46.5 Å². The lowest BCUT2D eigenvalue weighted by Gasteiger charge is -2.22. The van der Waals surface area contributed by atoms with Crippen LogP contribution in [0.5, 0.6) is 5.75 Å². The number of hydrogen-bond donors (Lipinski definition) is 2. The number of para-hydroxylation sites is 2. The summed E-state index contributed by atoms with van der Waals surface area (Å²) in [5.41, 5.74) is 1.17. The quantitative estimate of drug-likeness (QED) is 0.372. The van der Waals surface area contributed by atoms with Crippen LogP contribution in [0.4, 0.5) is 5.69 Å². The van der Waals surface area contributed by atoms with Gasteiger partial charge >= 0.3 is 0 Å². The molecule has 1 aliphatic heterocycles. The summed E-state index contributed by atoms with van der Waals surface area (Å²) < 4.78 is 5.49. The molecule has 1 atom stereocenters. The highest BCUT2D eigenvalue weighted by molar-refractivity contribution is 14.0. The molecule has 0 amide bonds. The van der Waals surface area contributed by atoms with E-state index in [1.807, 2.05) is 19.2 Å². The number of nitrogens with one attached hydrogen (secondary N) is 2. The summed E-state index contributed by atoms with van der Waals surface area (Å²) >= 11 is 0. The van der Waals surface area contributed by atoms with Crippen LogP contribution in [0.2, 0.25) is 0 Å². The van der Waals surface area contributed by atoms with Crippen LogP contribution in [0, 0.1) is 5.92 Å². The summed E-state index contributed by atoms with van der Waals surface area (Å²) in [6.07, 6.45) is 3.50. The molecule has 1 aliphatic rings. The zero-order chi connectivity index (χ0) is 17.4. The number of benzene rings is 1. The van der Waals surface area contributed by atoms with Crippen molar-refractivity contribution in [1.82, 2.24) is 10.6 Å². The van der Waals surface area contributed by atoms with Crippen LogP contribution in [0.25, 0.3) is 0 Å². The Morgan fingerprint density at radius 1 is 1.32 bits per heavy atom. The van der Waals surface area contributed by atoms with Crippen molar-refractivity contribution in [3.63, 3.8) is 0 Å². The zero-order valence-electron chi connectivity index (χ0n) is 15.9. The molecular weight excluding hydrogens is 427 g/mol. The number of guanidine groups is 1. The van der Waals surface area contributed by atoms with Gasteiger partial charge in [-0.15, -0.1) is 24.0 Å². The van der Waals surface area contributed by atoms with Crippen molar-refractivity contribution in [1.29, 1.82) is 0 Å². The van der Waals surface area contributed by atoms with E-state index in [0.717, 1.165) is 37.8 Å². The molecule has 0 aromatic heterocycles. The predicted octanol–water partition coefficient (Wildman–Crippen LogP) is 3.49. The molecule has 1 heterocycles. The van der Waals surface area contributed by atoms with E-state index < -0.39 is 0 Å². The number of methoxy groups -OCH3 is 1. The van der Waals surface area contributed by atoms with Crippen molar-refractivity contribution in [2.75, 3.05) is 38.7 Å².